The largest absolute Gasteiger partial charge is 0.249 e. The van der Waals surface area contributed by atoms with Gasteiger partial charge in [0.15, 0.2) is 0 Å². The molecule has 15 heavy (non-hydrogen) atoms. The molecule has 1 aromatic carbocycles. The second-order valence-electron chi connectivity index (χ2n) is 3.71. The lowest BCUT2D eigenvalue weighted by atomic mass is 10.2. The molecule has 2 aromatic rings. The molecular formula is C12H15N3. The lowest BCUT2D eigenvalue weighted by Gasteiger charge is -2.06. The van der Waals surface area contributed by atoms with E-state index in [-0.39, 0.29) is 0 Å². The maximum Gasteiger partial charge on any atom is 0.113 e. The highest BCUT2D eigenvalue weighted by Crippen LogP contribution is 2.17. The van der Waals surface area contributed by atoms with E-state index < -0.39 is 0 Å². The molecular weight excluding hydrogens is 186 g/mol. The first-order valence-corrected chi connectivity index (χ1v) is 5.28. The van der Waals surface area contributed by atoms with E-state index in [1.807, 2.05) is 41.2 Å². The van der Waals surface area contributed by atoms with Crippen molar-refractivity contribution in [1.82, 2.24) is 15.0 Å². The van der Waals surface area contributed by atoms with E-state index in [1.54, 1.807) is 0 Å². The van der Waals surface area contributed by atoms with E-state index in [1.165, 1.54) is 0 Å². The van der Waals surface area contributed by atoms with Gasteiger partial charge in [0.25, 0.3) is 0 Å². The van der Waals surface area contributed by atoms with Gasteiger partial charge in [0.1, 0.15) is 5.69 Å². The summed E-state index contributed by atoms with van der Waals surface area (Å²) in [6, 6.07) is 10.5. The summed E-state index contributed by atoms with van der Waals surface area (Å²) >= 11 is 0. The summed E-state index contributed by atoms with van der Waals surface area (Å²) in [4.78, 5) is 0. The van der Waals surface area contributed by atoms with Crippen LogP contribution in [0.15, 0.2) is 36.5 Å². The Labute approximate surface area is 89.7 Å². The Bertz CT molecular complexity index is 419. The monoisotopic (exact) mass is 201 g/mol. The fourth-order valence-corrected chi connectivity index (χ4v) is 1.42. The Kier molecular flexibility index (Phi) is 2.81. The van der Waals surface area contributed by atoms with Crippen molar-refractivity contribution in [2.75, 3.05) is 0 Å². The first-order valence-electron chi connectivity index (χ1n) is 5.28. The van der Waals surface area contributed by atoms with Gasteiger partial charge in [0.2, 0.25) is 0 Å². The maximum atomic E-state index is 4.17. The van der Waals surface area contributed by atoms with Gasteiger partial charge in [-0.05, 0) is 13.3 Å². The molecule has 0 aliphatic carbocycles. The van der Waals surface area contributed by atoms with E-state index in [2.05, 4.69) is 24.2 Å². The van der Waals surface area contributed by atoms with Gasteiger partial charge in [-0.3, -0.25) is 0 Å². The highest BCUT2D eigenvalue weighted by molar-refractivity contribution is 5.57. The molecule has 0 radical (unpaired) electrons. The smallest absolute Gasteiger partial charge is 0.113 e. The topological polar surface area (TPSA) is 30.7 Å². The molecule has 0 N–H and O–H groups in total. The summed E-state index contributed by atoms with van der Waals surface area (Å²) < 4.78 is 1.92. The maximum absolute atomic E-state index is 4.17. The van der Waals surface area contributed by atoms with Crippen LogP contribution in [0, 0.1) is 0 Å². The van der Waals surface area contributed by atoms with E-state index in [0.717, 1.165) is 17.7 Å². The number of benzene rings is 1. The lowest BCUT2D eigenvalue weighted by Crippen LogP contribution is -2.03. The first-order chi connectivity index (χ1) is 7.31. The molecule has 1 heterocycles. The molecule has 0 bridgehead atoms. The average Bonchev–Trinajstić information content (AvgIpc) is 2.78. The van der Waals surface area contributed by atoms with Gasteiger partial charge in [-0.15, -0.1) is 5.10 Å². The predicted octanol–water partition coefficient (Wildman–Crippen LogP) is 2.92. The molecule has 2 rings (SSSR count). The number of nitrogens with zero attached hydrogens (tertiary/aromatic N) is 3. The highest BCUT2D eigenvalue weighted by atomic mass is 15.4. The molecule has 78 valence electrons. The molecule has 3 heteroatoms. The van der Waals surface area contributed by atoms with E-state index in [4.69, 9.17) is 0 Å². The van der Waals surface area contributed by atoms with Crippen molar-refractivity contribution in [2.45, 2.75) is 26.3 Å². The van der Waals surface area contributed by atoms with Gasteiger partial charge in [-0.2, -0.15) is 0 Å². The lowest BCUT2D eigenvalue weighted by molar-refractivity contribution is 0.464. The fraction of sp³-hybridized carbons (Fsp3) is 0.333. The number of aromatic nitrogens is 3. The van der Waals surface area contributed by atoms with Crippen molar-refractivity contribution in [3.05, 3.63) is 36.5 Å². The number of hydrogen-bond acceptors (Lipinski definition) is 2. The Balaban J connectivity index is 2.28. The summed E-state index contributed by atoms with van der Waals surface area (Å²) in [5.74, 6) is 0. The average molecular weight is 201 g/mol. The van der Waals surface area contributed by atoms with Gasteiger partial charge in [0, 0.05) is 5.56 Å². The molecule has 0 saturated carbocycles. The summed E-state index contributed by atoms with van der Waals surface area (Å²) in [6.07, 6.45) is 3.07. The Morgan fingerprint density at radius 1 is 1.27 bits per heavy atom. The molecule has 0 fully saturated rings. The second-order valence-corrected chi connectivity index (χ2v) is 3.71. The molecule has 0 aliphatic heterocycles. The number of rotatable bonds is 3. The van der Waals surface area contributed by atoms with Crippen LogP contribution in [0.5, 0.6) is 0 Å². The third-order valence-corrected chi connectivity index (χ3v) is 2.62. The minimum absolute atomic E-state index is 0.412. The van der Waals surface area contributed by atoms with Crippen molar-refractivity contribution < 1.29 is 0 Å². The van der Waals surface area contributed by atoms with Crippen molar-refractivity contribution in [1.29, 1.82) is 0 Å². The molecule has 0 amide bonds. The Morgan fingerprint density at radius 2 is 2.00 bits per heavy atom. The summed E-state index contributed by atoms with van der Waals surface area (Å²) in [7, 11) is 0. The minimum atomic E-state index is 0.412. The van der Waals surface area contributed by atoms with Gasteiger partial charge in [-0.1, -0.05) is 42.5 Å². The van der Waals surface area contributed by atoms with Gasteiger partial charge in [0.05, 0.1) is 12.2 Å². The zero-order valence-corrected chi connectivity index (χ0v) is 9.09. The van der Waals surface area contributed by atoms with Crippen LogP contribution in [0.1, 0.15) is 26.3 Å². The molecule has 1 atom stereocenters. The van der Waals surface area contributed by atoms with E-state index in [0.29, 0.717) is 6.04 Å². The second kappa shape index (κ2) is 4.26. The number of hydrogen-bond donors (Lipinski definition) is 0. The quantitative estimate of drug-likeness (QED) is 0.764. The zero-order chi connectivity index (χ0) is 10.7. The third-order valence-electron chi connectivity index (χ3n) is 2.62. The van der Waals surface area contributed by atoms with Gasteiger partial charge in [-0.25, -0.2) is 4.68 Å². The van der Waals surface area contributed by atoms with Crippen LogP contribution in [0.2, 0.25) is 0 Å². The highest BCUT2D eigenvalue weighted by Gasteiger charge is 2.06. The van der Waals surface area contributed by atoms with Gasteiger partial charge >= 0.3 is 0 Å². The molecule has 3 nitrogen and oxygen atoms in total. The van der Waals surface area contributed by atoms with Crippen LogP contribution in [-0.4, -0.2) is 15.0 Å². The Morgan fingerprint density at radius 3 is 2.67 bits per heavy atom. The minimum Gasteiger partial charge on any atom is -0.249 e. The van der Waals surface area contributed by atoms with Crippen molar-refractivity contribution in [3.63, 3.8) is 0 Å². The van der Waals surface area contributed by atoms with Crippen molar-refractivity contribution >= 4 is 0 Å². The SMILES string of the molecule is CCC(C)n1cc(-c2ccccc2)nn1. The molecule has 0 aliphatic rings. The van der Waals surface area contributed by atoms with Crippen LogP contribution in [0.25, 0.3) is 11.3 Å². The summed E-state index contributed by atoms with van der Waals surface area (Å²) in [5, 5.41) is 8.30. The van der Waals surface area contributed by atoms with Crippen LogP contribution < -0.4 is 0 Å². The fourth-order valence-electron chi connectivity index (χ4n) is 1.42. The van der Waals surface area contributed by atoms with Crippen molar-refractivity contribution in [2.24, 2.45) is 0 Å². The van der Waals surface area contributed by atoms with Crippen LogP contribution in [0.4, 0.5) is 0 Å². The van der Waals surface area contributed by atoms with Crippen LogP contribution in [0.3, 0.4) is 0 Å². The zero-order valence-electron chi connectivity index (χ0n) is 9.09. The van der Waals surface area contributed by atoms with E-state index >= 15 is 0 Å². The molecule has 0 spiro atoms. The molecule has 1 aromatic heterocycles. The predicted molar refractivity (Wildman–Crippen MR) is 60.5 cm³/mol. The first kappa shape index (κ1) is 9.90. The standard InChI is InChI=1S/C12H15N3/c1-3-10(2)15-9-12(13-14-15)11-7-5-4-6-8-11/h4-10H,3H2,1-2H3. The molecule has 1 unspecified atom stereocenters. The molecule has 0 saturated heterocycles. The Hall–Kier alpha value is -1.64. The van der Waals surface area contributed by atoms with Gasteiger partial charge < -0.3 is 0 Å². The van der Waals surface area contributed by atoms with Crippen LogP contribution >= 0.6 is 0 Å². The third kappa shape index (κ3) is 2.06. The summed E-state index contributed by atoms with van der Waals surface area (Å²) in [6.45, 7) is 4.29. The van der Waals surface area contributed by atoms with Crippen LogP contribution in [-0.2, 0) is 0 Å². The normalized spacial score (nSPS) is 12.7. The summed E-state index contributed by atoms with van der Waals surface area (Å²) in [5.41, 5.74) is 2.06. The van der Waals surface area contributed by atoms with Crippen molar-refractivity contribution in [3.8, 4) is 11.3 Å². The van der Waals surface area contributed by atoms with E-state index in [9.17, 15) is 0 Å².